The van der Waals surface area contributed by atoms with Gasteiger partial charge in [-0.25, -0.2) is 0 Å². The van der Waals surface area contributed by atoms with Crippen LogP contribution in [0.15, 0.2) is 49.1 Å². The fourth-order valence-corrected chi connectivity index (χ4v) is 2.51. The van der Waals surface area contributed by atoms with Gasteiger partial charge in [-0.15, -0.1) is 0 Å². The van der Waals surface area contributed by atoms with Crippen molar-refractivity contribution in [1.29, 1.82) is 0 Å². The van der Waals surface area contributed by atoms with E-state index in [1.165, 1.54) is 13.2 Å². The van der Waals surface area contributed by atoms with Crippen LogP contribution in [-0.4, -0.2) is 32.1 Å². The van der Waals surface area contributed by atoms with Crippen molar-refractivity contribution in [3.63, 3.8) is 0 Å². The van der Waals surface area contributed by atoms with E-state index in [2.05, 4.69) is 22.7 Å². The highest BCUT2D eigenvalue weighted by Gasteiger charge is 2.12. The van der Waals surface area contributed by atoms with E-state index >= 15 is 0 Å². The Hall–Kier alpha value is -3.48. The maximum atomic E-state index is 12.2. The first-order chi connectivity index (χ1) is 13.4. The summed E-state index contributed by atoms with van der Waals surface area (Å²) in [5.74, 6) is 0.0812. The molecule has 3 N–H and O–H groups in total. The highest BCUT2D eigenvalue weighted by Crippen LogP contribution is 2.28. The highest BCUT2D eigenvalue weighted by atomic mass is 16.5. The summed E-state index contributed by atoms with van der Waals surface area (Å²) in [6.07, 6.45) is 1.61. The van der Waals surface area contributed by atoms with Gasteiger partial charge < -0.3 is 14.8 Å². The molecule has 0 unspecified atom stereocenters. The van der Waals surface area contributed by atoms with Crippen LogP contribution in [0.3, 0.4) is 0 Å². The number of amides is 2. The number of hydrazine groups is 1. The average molecular weight is 383 g/mol. The van der Waals surface area contributed by atoms with E-state index < -0.39 is 5.91 Å². The third-order valence-corrected chi connectivity index (χ3v) is 3.92. The maximum absolute atomic E-state index is 12.2. The molecule has 0 heterocycles. The molecule has 0 radical (unpaired) electrons. The topological polar surface area (TPSA) is 88.7 Å². The second kappa shape index (κ2) is 10.0. The molecule has 0 saturated heterocycles. The molecule has 0 aliphatic rings. The standard InChI is InChI=1S/C21H25N3O4/c1-5-10-28-18-9-7-16(12-19(18)27-4)21(26)24-23-20(25)13-22-17-8-6-14(2)11-15(17)3/h5-9,11-12,22H,1,10,13H2,2-4H3,(H,23,25)(H,24,26). The van der Waals surface area contributed by atoms with Gasteiger partial charge in [0.15, 0.2) is 11.5 Å². The number of aryl methyl sites for hydroxylation is 2. The Balaban J connectivity index is 1.88. The summed E-state index contributed by atoms with van der Waals surface area (Å²) in [5, 5.41) is 3.04. The number of rotatable bonds is 8. The second-order valence-corrected chi connectivity index (χ2v) is 6.14. The summed E-state index contributed by atoms with van der Waals surface area (Å²) in [6.45, 7) is 7.91. The number of benzene rings is 2. The van der Waals surface area contributed by atoms with Crippen molar-refractivity contribution in [2.45, 2.75) is 13.8 Å². The van der Waals surface area contributed by atoms with E-state index in [9.17, 15) is 9.59 Å². The van der Waals surface area contributed by atoms with Crippen LogP contribution in [0.5, 0.6) is 11.5 Å². The Morgan fingerprint density at radius 3 is 2.54 bits per heavy atom. The van der Waals surface area contributed by atoms with Crippen LogP contribution >= 0.6 is 0 Å². The molecular formula is C21H25N3O4. The van der Waals surface area contributed by atoms with Gasteiger partial charge in [0.05, 0.1) is 13.7 Å². The smallest absolute Gasteiger partial charge is 0.269 e. The Bertz CT molecular complexity index is 865. The lowest BCUT2D eigenvalue weighted by Gasteiger charge is -2.13. The third kappa shape index (κ3) is 5.77. The lowest BCUT2D eigenvalue weighted by Crippen LogP contribution is -2.44. The Kier molecular flexibility index (Phi) is 7.45. The third-order valence-electron chi connectivity index (χ3n) is 3.92. The molecule has 0 fully saturated rings. The highest BCUT2D eigenvalue weighted by molar-refractivity contribution is 5.96. The van der Waals surface area contributed by atoms with Gasteiger partial charge in [-0.05, 0) is 43.7 Å². The van der Waals surface area contributed by atoms with Crippen LogP contribution in [0.4, 0.5) is 5.69 Å². The van der Waals surface area contributed by atoms with Gasteiger partial charge in [-0.2, -0.15) is 0 Å². The van der Waals surface area contributed by atoms with Crippen molar-refractivity contribution in [3.05, 3.63) is 65.7 Å². The van der Waals surface area contributed by atoms with E-state index in [-0.39, 0.29) is 12.5 Å². The molecule has 2 aromatic rings. The van der Waals surface area contributed by atoms with E-state index in [1.807, 2.05) is 32.0 Å². The summed E-state index contributed by atoms with van der Waals surface area (Å²) in [6, 6.07) is 10.6. The van der Waals surface area contributed by atoms with Gasteiger partial charge in [0, 0.05) is 11.3 Å². The fraction of sp³-hybridized carbons (Fsp3) is 0.238. The van der Waals surface area contributed by atoms with Crippen LogP contribution in [0.2, 0.25) is 0 Å². The molecule has 2 amide bonds. The van der Waals surface area contributed by atoms with Crippen molar-refractivity contribution in [2.24, 2.45) is 0 Å². The molecule has 7 heteroatoms. The lowest BCUT2D eigenvalue weighted by molar-refractivity contribution is -0.120. The van der Waals surface area contributed by atoms with Gasteiger partial charge >= 0.3 is 0 Å². The summed E-state index contributed by atoms with van der Waals surface area (Å²) in [5.41, 5.74) is 8.15. The van der Waals surface area contributed by atoms with Crippen LogP contribution in [-0.2, 0) is 4.79 Å². The van der Waals surface area contributed by atoms with E-state index in [0.717, 1.165) is 16.8 Å². The van der Waals surface area contributed by atoms with E-state index in [1.54, 1.807) is 18.2 Å². The molecular weight excluding hydrogens is 358 g/mol. The summed E-state index contributed by atoms with van der Waals surface area (Å²) in [4.78, 5) is 24.2. The van der Waals surface area contributed by atoms with Crippen molar-refractivity contribution in [1.82, 2.24) is 10.9 Å². The SMILES string of the molecule is C=CCOc1ccc(C(=O)NNC(=O)CNc2ccc(C)cc2C)cc1OC. The first kappa shape index (κ1) is 20.8. The quantitative estimate of drug-likeness (QED) is 0.482. The second-order valence-electron chi connectivity index (χ2n) is 6.14. The van der Waals surface area contributed by atoms with Crippen LogP contribution in [0, 0.1) is 13.8 Å². The van der Waals surface area contributed by atoms with Crippen molar-refractivity contribution in [3.8, 4) is 11.5 Å². The Morgan fingerprint density at radius 2 is 1.86 bits per heavy atom. The molecule has 28 heavy (non-hydrogen) atoms. The normalized spacial score (nSPS) is 9.96. The zero-order valence-electron chi connectivity index (χ0n) is 16.3. The number of ether oxygens (including phenoxy) is 2. The number of hydrogen-bond donors (Lipinski definition) is 3. The van der Waals surface area contributed by atoms with Crippen molar-refractivity contribution in [2.75, 3.05) is 25.6 Å². The number of anilines is 1. The average Bonchev–Trinajstić information content (AvgIpc) is 2.69. The molecule has 0 aliphatic carbocycles. The van der Waals surface area contributed by atoms with Gasteiger partial charge in [-0.3, -0.25) is 20.4 Å². The molecule has 2 rings (SSSR count). The molecule has 7 nitrogen and oxygen atoms in total. The van der Waals surface area contributed by atoms with Gasteiger partial charge in [0.2, 0.25) is 0 Å². The van der Waals surface area contributed by atoms with Gasteiger partial charge in [0.25, 0.3) is 11.8 Å². The Morgan fingerprint density at radius 1 is 1.07 bits per heavy atom. The number of nitrogens with one attached hydrogen (secondary N) is 3. The van der Waals surface area contributed by atoms with Gasteiger partial charge in [-0.1, -0.05) is 30.4 Å². The van der Waals surface area contributed by atoms with E-state index in [0.29, 0.717) is 23.7 Å². The van der Waals surface area contributed by atoms with Crippen molar-refractivity contribution >= 4 is 17.5 Å². The summed E-state index contributed by atoms with van der Waals surface area (Å²) < 4.78 is 10.7. The van der Waals surface area contributed by atoms with Crippen LogP contribution in [0.1, 0.15) is 21.5 Å². The maximum Gasteiger partial charge on any atom is 0.269 e. The molecule has 2 aromatic carbocycles. The number of carbonyl (C=O) groups is 2. The summed E-state index contributed by atoms with van der Waals surface area (Å²) in [7, 11) is 1.48. The predicted octanol–water partition coefficient (Wildman–Crippen LogP) is 2.75. The minimum atomic E-state index is -0.464. The van der Waals surface area contributed by atoms with Gasteiger partial charge in [0.1, 0.15) is 6.61 Å². The number of methoxy groups -OCH3 is 1. The molecule has 0 aliphatic heterocycles. The monoisotopic (exact) mass is 383 g/mol. The lowest BCUT2D eigenvalue weighted by atomic mass is 10.1. The van der Waals surface area contributed by atoms with Crippen LogP contribution in [0.25, 0.3) is 0 Å². The molecule has 0 bridgehead atoms. The predicted molar refractivity (Wildman–Crippen MR) is 109 cm³/mol. The molecule has 0 saturated carbocycles. The zero-order chi connectivity index (χ0) is 20.5. The fourth-order valence-electron chi connectivity index (χ4n) is 2.51. The molecule has 148 valence electrons. The first-order valence-corrected chi connectivity index (χ1v) is 8.76. The molecule has 0 atom stereocenters. The zero-order valence-corrected chi connectivity index (χ0v) is 16.3. The van der Waals surface area contributed by atoms with Crippen LogP contribution < -0.4 is 25.6 Å². The molecule has 0 spiro atoms. The molecule has 0 aromatic heterocycles. The minimum Gasteiger partial charge on any atom is -0.493 e. The van der Waals surface area contributed by atoms with E-state index in [4.69, 9.17) is 9.47 Å². The van der Waals surface area contributed by atoms with Crippen molar-refractivity contribution < 1.29 is 19.1 Å². The first-order valence-electron chi connectivity index (χ1n) is 8.76. The Labute approximate surface area is 164 Å². The number of hydrogen-bond acceptors (Lipinski definition) is 5. The minimum absolute atomic E-state index is 0.0296. The largest absolute Gasteiger partial charge is 0.493 e. The summed E-state index contributed by atoms with van der Waals surface area (Å²) >= 11 is 0. The number of carbonyl (C=O) groups excluding carboxylic acids is 2.